The maximum Gasteiger partial charge on any atom is 0.325 e. The van der Waals surface area contributed by atoms with Crippen LogP contribution in [-0.2, 0) is 21.1 Å². The van der Waals surface area contributed by atoms with E-state index in [4.69, 9.17) is 0 Å². The number of hydrogen-bond donors (Lipinski definition) is 1. The molecule has 1 aliphatic rings. The SMILES string of the molecule is CC(Cc1ccccc1)(C(=O)O)S(=O)(=O)CC1CC1. The third kappa shape index (κ3) is 2.97. The predicted octanol–water partition coefficient (Wildman–Crippen LogP) is 1.90. The van der Waals surface area contributed by atoms with Gasteiger partial charge in [-0.2, -0.15) is 0 Å². The van der Waals surface area contributed by atoms with Gasteiger partial charge in [-0.3, -0.25) is 4.79 Å². The molecule has 0 amide bonds. The van der Waals surface area contributed by atoms with Crippen LogP contribution in [0.15, 0.2) is 30.3 Å². The fourth-order valence-electron chi connectivity index (χ4n) is 2.08. The lowest BCUT2D eigenvalue weighted by Gasteiger charge is -2.25. The van der Waals surface area contributed by atoms with Crippen LogP contribution in [0.4, 0.5) is 0 Å². The normalized spacial score (nSPS) is 18.8. The van der Waals surface area contributed by atoms with E-state index >= 15 is 0 Å². The molecule has 1 fully saturated rings. The fourth-order valence-corrected chi connectivity index (χ4v) is 4.06. The van der Waals surface area contributed by atoms with E-state index in [0.29, 0.717) is 0 Å². The monoisotopic (exact) mass is 282 g/mol. The van der Waals surface area contributed by atoms with Crippen LogP contribution in [0, 0.1) is 5.92 Å². The number of benzene rings is 1. The Morgan fingerprint density at radius 3 is 2.37 bits per heavy atom. The van der Waals surface area contributed by atoms with Gasteiger partial charge in [0.05, 0.1) is 5.75 Å². The second-order valence-corrected chi connectivity index (χ2v) is 7.89. The second-order valence-electron chi connectivity index (χ2n) is 5.42. The average molecular weight is 282 g/mol. The van der Waals surface area contributed by atoms with Gasteiger partial charge in [0, 0.05) is 6.42 Å². The molecule has 1 atom stereocenters. The van der Waals surface area contributed by atoms with Crippen molar-refractivity contribution in [3.8, 4) is 0 Å². The summed E-state index contributed by atoms with van der Waals surface area (Å²) < 4.78 is 23.0. The molecular formula is C14H18O4S. The van der Waals surface area contributed by atoms with Gasteiger partial charge in [-0.25, -0.2) is 8.42 Å². The van der Waals surface area contributed by atoms with Crippen LogP contribution in [0.2, 0.25) is 0 Å². The molecule has 1 unspecified atom stereocenters. The van der Waals surface area contributed by atoms with Crippen LogP contribution in [0.5, 0.6) is 0 Å². The van der Waals surface area contributed by atoms with Gasteiger partial charge in [-0.05, 0) is 31.2 Å². The van der Waals surface area contributed by atoms with Crippen LogP contribution < -0.4 is 0 Å². The molecule has 104 valence electrons. The lowest BCUT2D eigenvalue weighted by molar-refractivity contribution is -0.139. The Hall–Kier alpha value is -1.36. The van der Waals surface area contributed by atoms with Crippen molar-refractivity contribution < 1.29 is 18.3 Å². The maximum atomic E-state index is 12.4. The Kier molecular flexibility index (Phi) is 3.67. The zero-order valence-corrected chi connectivity index (χ0v) is 11.7. The lowest BCUT2D eigenvalue weighted by Crippen LogP contribution is -2.47. The highest BCUT2D eigenvalue weighted by molar-refractivity contribution is 7.93. The van der Waals surface area contributed by atoms with Crippen molar-refractivity contribution in [3.63, 3.8) is 0 Å². The van der Waals surface area contributed by atoms with Gasteiger partial charge in [0.1, 0.15) is 0 Å². The van der Waals surface area contributed by atoms with Crippen molar-refractivity contribution in [1.82, 2.24) is 0 Å². The van der Waals surface area contributed by atoms with Crippen LogP contribution in [-0.4, -0.2) is 30.0 Å². The first-order valence-corrected chi connectivity index (χ1v) is 8.00. The van der Waals surface area contributed by atoms with E-state index in [1.54, 1.807) is 24.3 Å². The molecule has 0 bridgehead atoms. The zero-order chi connectivity index (χ0) is 14.1. The molecule has 4 nitrogen and oxygen atoms in total. The minimum Gasteiger partial charge on any atom is -0.480 e. The molecule has 0 aromatic heterocycles. The fraction of sp³-hybridized carbons (Fsp3) is 0.500. The van der Waals surface area contributed by atoms with E-state index in [1.807, 2.05) is 6.07 Å². The molecule has 5 heteroatoms. The molecule has 0 aliphatic heterocycles. The van der Waals surface area contributed by atoms with Gasteiger partial charge >= 0.3 is 5.97 Å². The largest absolute Gasteiger partial charge is 0.480 e. The molecule has 0 saturated heterocycles. The molecule has 1 aromatic carbocycles. The Bertz CT molecular complexity index is 560. The summed E-state index contributed by atoms with van der Waals surface area (Å²) >= 11 is 0. The van der Waals surface area contributed by atoms with E-state index in [-0.39, 0.29) is 18.1 Å². The van der Waals surface area contributed by atoms with E-state index in [2.05, 4.69) is 0 Å². The number of carboxylic acids is 1. The zero-order valence-electron chi connectivity index (χ0n) is 10.9. The first-order valence-electron chi connectivity index (χ1n) is 6.35. The van der Waals surface area contributed by atoms with Gasteiger partial charge in [-0.15, -0.1) is 0 Å². The van der Waals surface area contributed by atoms with Gasteiger partial charge in [0.15, 0.2) is 14.6 Å². The average Bonchev–Trinajstić information content (AvgIpc) is 3.13. The summed E-state index contributed by atoms with van der Waals surface area (Å²) in [6, 6.07) is 8.90. The third-order valence-electron chi connectivity index (χ3n) is 3.68. The summed E-state index contributed by atoms with van der Waals surface area (Å²) in [4.78, 5) is 11.5. The number of carbonyl (C=O) groups is 1. The maximum absolute atomic E-state index is 12.4. The molecule has 0 spiro atoms. The highest BCUT2D eigenvalue weighted by atomic mass is 32.2. The highest BCUT2D eigenvalue weighted by Gasteiger charge is 2.48. The highest BCUT2D eigenvalue weighted by Crippen LogP contribution is 2.35. The smallest absolute Gasteiger partial charge is 0.325 e. The van der Waals surface area contributed by atoms with E-state index in [9.17, 15) is 18.3 Å². The summed E-state index contributed by atoms with van der Waals surface area (Å²) in [7, 11) is -3.66. The van der Waals surface area contributed by atoms with Crippen LogP contribution in [0.25, 0.3) is 0 Å². The summed E-state index contributed by atoms with van der Waals surface area (Å²) in [5.74, 6) is -1.13. The van der Waals surface area contributed by atoms with Crippen molar-refractivity contribution in [2.24, 2.45) is 5.92 Å². The molecule has 2 rings (SSSR count). The van der Waals surface area contributed by atoms with Crippen molar-refractivity contribution in [1.29, 1.82) is 0 Å². The van der Waals surface area contributed by atoms with Crippen molar-refractivity contribution >= 4 is 15.8 Å². The lowest BCUT2D eigenvalue weighted by atomic mass is 10.0. The first kappa shape index (κ1) is 14.1. The number of sulfone groups is 1. The van der Waals surface area contributed by atoms with E-state index < -0.39 is 20.6 Å². The van der Waals surface area contributed by atoms with Crippen LogP contribution in [0.3, 0.4) is 0 Å². The number of aliphatic carboxylic acids is 1. The van der Waals surface area contributed by atoms with Crippen LogP contribution >= 0.6 is 0 Å². The minimum atomic E-state index is -3.66. The summed E-state index contributed by atoms with van der Waals surface area (Å²) in [6.45, 7) is 1.32. The first-order chi connectivity index (χ1) is 8.85. The van der Waals surface area contributed by atoms with E-state index in [0.717, 1.165) is 18.4 Å². The predicted molar refractivity (Wildman–Crippen MR) is 72.7 cm³/mol. The van der Waals surface area contributed by atoms with Crippen molar-refractivity contribution in [2.45, 2.75) is 30.9 Å². The summed E-state index contributed by atoms with van der Waals surface area (Å²) in [5, 5.41) is 9.38. The standard InChI is InChI=1S/C14H18O4S/c1-14(13(15)16,9-11-5-3-2-4-6-11)19(17,18)10-12-7-8-12/h2-6,12H,7-10H2,1H3,(H,15,16). The third-order valence-corrected chi connectivity index (χ3v) is 6.28. The van der Waals surface area contributed by atoms with Gasteiger partial charge in [-0.1, -0.05) is 30.3 Å². The van der Waals surface area contributed by atoms with Crippen LogP contribution in [0.1, 0.15) is 25.3 Å². The van der Waals surface area contributed by atoms with Gasteiger partial charge in [0.25, 0.3) is 0 Å². The molecule has 19 heavy (non-hydrogen) atoms. The Morgan fingerprint density at radius 1 is 1.32 bits per heavy atom. The molecule has 1 N–H and O–H groups in total. The van der Waals surface area contributed by atoms with Gasteiger partial charge < -0.3 is 5.11 Å². The Balaban J connectivity index is 2.29. The molecule has 1 aromatic rings. The second kappa shape index (κ2) is 4.96. The summed E-state index contributed by atoms with van der Waals surface area (Å²) in [5.41, 5.74) is 0.728. The van der Waals surface area contributed by atoms with Crippen molar-refractivity contribution in [2.75, 3.05) is 5.75 Å². The Labute approximate surface area is 113 Å². The number of carboxylic acid groups (broad SMARTS) is 1. The molecule has 1 saturated carbocycles. The minimum absolute atomic E-state index is 0.0113. The topological polar surface area (TPSA) is 71.4 Å². The molecule has 1 aliphatic carbocycles. The quantitative estimate of drug-likeness (QED) is 0.865. The van der Waals surface area contributed by atoms with Crippen molar-refractivity contribution in [3.05, 3.63) is 35.9 Å². The number of hydrogen-bond acceptors (Lipinski definition) is 3. The van der Waals surface area contributed by atoms with Gasteiger partial charge in [0.2, 0.25) is 0 Å². The molecule has 0 radical (unpaired) electrons. The number of rotatable bonds is 6. The Morgan fingerprint density at radius 2 is 1.89 bits per heavy atom. The molecule has 0 heterocycles. The molecular weight excluding hydrogens is 264 g/mol. The van der Waals surface area contributed by atoms with E-state index in [1.165, 1.54) is 6.92 Å². The summed E-state index contributed by atoms with van der Waals surface area (Å²) in [6.07, 6.45) is 1.79.